The number of hydrogen-bond acceptors (Lipinski definition) is 4. The lowest BCUT2D eigenvalue weighted by molar-refractivity contribution is 0.171. The van der Waals surface area contributed by atoms with E-state index in [0.717, 1.165) is 6.54 Å². The number of hydrazine groups is 1. The molecule has 3 N–H and O–H groups in total. The van der Waals surface area contributed by atoms with Crippen LogP contribution in [-0.2, 0) is 0 Å². The first-order valence-corrected chi connectivity index (χ1v) is 9.04. The normalized spacial score (nSPS) is 23.1. The number of nitrogens with one attached hydrogen (secondary N) is 1. The highest BCUT2D eigenvalue weighted by Gasteiger charge is 2.27. The summed E-state index contributed by atoms with van der Waals surface area (Å²) in [5.74, 6) is 5.85. The van der Waals surface area contributed by atoms with Crippen molar-refractivity contribution in [1.29, 1.82) is 0 Å². The quantitative estimate of drug-likeness (QED) is 0.370. The Morgan fingerprint density at radius 2 is 1.71 bits per heavy atom. The highest BCUT2D eigenvalue weighted by Crippen LogP contribution is 2.16. The van der Waals surface area contributed by atoms with E-state index in [1.807, 2.05) is 0 Å². The van der Waals surface area contributed by atoms with Gasteiger partial charge in [-0.3, -0.25) is 11.3 Å². The van der Waals surface area contributed by atoms with Crippen molar-refractivity contribution in [1.82, 2.24) is 15.2 Å². The lowest BCUT2D eigenvalue weighted by atomic mass is 9.99. The Balaban J connectivity index is 2.25. The van der Waals surface area contributed by atoms with Gasteiger partial charge >= 0.3 is 0 Å². The minimum absolute atomic E-state index is 0.422. The van der Waals surface area contributed by atoms with Gasteiger partial charge in [0.25, 0.3) is 0 Å². The smallest absolute Gasteiger partial charge is 0.0386 e. The van der Waals surface area contributed by atoms with Gasteiger partial charge in [0.1, 0.15) is 0 Å². The maximum absolute atomic E-state index is 5.85. The number of rotatable bonds is 10. The second-order valence-corrected chi connectivity index (χ2v) is 6.85. The molecule has 1 heterocycles. The molecule has 126 valence electrons. The third-order valence-electron chi connectivity index (χ3n) is 4.91. The fraction of sp³-hybridized carbons (Fsp3) is 1.00. The Morgan fingerprint density at radius 3 is 2.38 bits per heavy atom. The Labute approximate surface area is 132 Å². The average Bonchev–Trinajstić information content (AvgIpc) is 2.64. The van der Waals surface area contributed by atoms with Gasteiger partial charge in [-0.15, -0.1) is 0 Å². The van der Waals surface area contributed by atoms with Crippen LogP contribution in [0.1, 0.15) is 64.7 Å². The van der Waals surface area contributed by atoms with Crippen molar-refractivity contribution in [2.75, 3.05) is 33.7 Å². The van der Waals surface area contributed by atoms with E-state index >= 15 is 0 Å². The van der Waals surface area contributed by atoms with E-state index in [1.54, 1.807) is 0 Å². The molecule has 0 radical (unpaired) electrons. The van der Waals surface area contributed by atoms with Crippen molar-refractivity contribution >= 4 is 0 Å². The van der Waals surface area contributed by atoms with E-state index in [0.29, 0.717) is 12.1 Å². The zero-order valence-corrected chi connectivity index (χ0v) is 14.6. The Hall–Kier alpha value is -0.160. The molecule has 0 aromatic rings. The first-order chi connectivity index (χ1) is 10.2. The van der Waals surface area contributed by atoms with Crippen molar-refractivity contribution in [2.24, 2.45) is 5.84 Å². The van der Waals surface area contributed by atoms with E-state index < -0.39 is 0 Å². The summed E-state index contributed by atoms with van der Waals surface area (Å²) in [6, 6.07) is 0.966. The van der Waals surface area contributed by atoms with E-state index in [4.69, 9.17) is 5.84 Å². The molecule has 0 spiro atoms. The van der Waals surface area contributed by atoms with Crippen LogP contribution < -0.4 is 11.3 Å². The van der Waals surface area contributed by atoms with Crippen molar-refractivity contribution in [2.45, 2.75) is 76.8 Å². The second-order valence-electron chi connectivity index (χ2n) is 6.85. The van der Waals surface area contributed by atoms with Crippen molar-refractivity contribution in [3.8, 4) is 0 Å². The van der Waals surface area contributed by atoms with Gasteiger partial charge in [-0.25, -0.2) is 0 Å². The van der Waals surface area contributed by atoms with Crippen LogP contribution in [0.15, 0.2) is 0 Å². The van der Waals surface area contributed by atoms with E-state index in [2.05, 4.69) is 36.2 Å². The van der Waals surface area contributed by atoms with Crippen LogP contribution in [0.25, 0.3) is 0 Å². The molecule has 4 nitrogen and oxygen atoms in total. The Kier molecular flexibility index (Phi) is 10.3. The molecule has 4 heteroatoms. The summed E-state index contributed by atoms with van der Waals surface area (Å²) in [4.78, 5) is 4.94. The molecule has 1 aliphatic rings. The number of nitrogens with two attached hydrogens (primary N) is 1. The van der Waals surface area contributed by atoms with Gasteiger partial charge < -0.3 is 9.80 Å². The fourth-order valence-electron chi connectivity index (χ4n) is 3.45. The molecule has 2 unspecified atom stereocenters. The van der Waals surface area contributed by atoms with Crippen molar-refractivity contribution in [3.05, 3.63) is 0 Å². The largest absolute Gasteiger partial charge is 0.305 e. The molecule has 1 rings (SSSR count). The minimum Gasteiger partial charge on any atom is -0.305 e. The number of nitrogens with zero attached hydrogens (tertiary/aromatic N) is 2. The maximum Gasteiger partial charge on any atom is 0.0386 e. The van der Waals surface area contributed by atoms with Crippen LogP contribution >= 0.6 is 0 Å². The fourth-order valence-corrected chi connectivity index (χ4v) is 3.45. The van der Waals surface area contributed by atoms with Gasteiger partial charge in [-0.1, -0.05) is 51.9 Å². The van der Waals surface area contributed by atoms with Crippen molar-refractivity contribution < 1.29 is 0 Å². The predicted octanol–water partition coefficient (Wildman–Crippen LogP) is 2.59. The molecule has 0 aliphatic carbocycles. The molecule has 0 saturated carbocycles. The van der Waals surface area contributed by atoms with Crippen LogP contribution in [0.3, 0.4) is 0 Å². The molecule has 1 fully saturated rings. The molecular formula is C17H38N4. The molecule has 21 heavy (non-hydrogen) atoms. The monoisotopic (exact) mass is 298 g/mol. The topological polar surface area (TPSA) is 44.5 Å². The first kappa shape index (κ1) is 18.9. The Bertz CT molecular complexity index is 247. The molecule has 0 aromatic carbocycles. The Morgan fingerprint density at radius 1 is 1.05 bits per heavy atom. The molecule has 0 aromatic heterocycles. The summed E-state index contributed by atoms with van der Waals surface area (Å²) in [6.45, 7) is 5.79. The number of likely N-dealkylation sites (N-methyl/N-ethyl adjacent to an activating group) is 2. The van der Waals surface area contributed by atoms with Gasteiger partial charge in [0.2, 0.25) is 0 Å². The van der Waals surface area contributed by atoms with Gasteiger partial charge in [0.15, 0.2) is 0 Å². The van der Waals surface area contributed by atoms with Gasteiger partial charge in [0, 0.05) is 18.6 Å². The van der Waals surface area contributed by atoms with E-state index in [9.17, 15) is 0 Å². The van der Waals surface area contributed by atoms with Crippen LogP contribution in [0.5, 0.6) is 0 Å². The summed E-state index contributed by atoms with van der Waals surface area (Å²) in [7, 11) is 4.48. The molecule has 1 saturated heterocycles. The average molecular weight is 299 g/mol. The van der Waals surface area contributed by atoms with Crippen LogP contribution in [0, 0.1) is 0 Å². The van der Waals surface area contributed by atoms with E-state index in [-0.39, 0.29) is 0 Å². The number of unbranched alkanes of at least 4 members (excludes halogenated alkanes) is 6. The van der Waals surface area contributed by atoms with Gasteiger partial charge in [-0.05, 0) is 40.0 Å². The summed E-state index contributed by atoms with van der Waals surface area (Å²) in [5, 5.41) is 0. The van der Waals surface area contributed by atoms with Crippen LogP contribution in [-0.4, -0.2) is 55.6 Å². The molecule has 0 amide bonds. The third-order valence-corrected chi connectivity index (χ3v) is 4.91. The third kappa shape index (κ3) is 7.59. The van der Waals surface area contributed by atoms with E-state index in [1.165, 1.54) is 70.9 Å². The highest BCUT2D eigenvalue weighted by atomic mass is 15.3. The first-order valence-electron chi connectivity index (χ1n) is 9.04. The van der Waals surface area contributed by atoms with Gasteiger partial charge in [-0.2, -0.15) is 0 Å². The highest BCUT2D eigenvalue weighted by molar-refractivity contribution is 4.86. The summed E-state index contributed by atoms with van der Waals surface area (Å²) >= 11 is 0. The molecular weight excluding hydrogens is 260 g/mol. The maximum atomic E-state index is 5.85. The SMILES string of the molecule is CCCCCCCCCC(NN)C1CN(C)CCCN1C. The second kappa shape index (κ2) is 11.4. The lowest BCUT2D eigenvalue weighted by Gasteiger charge is -2.34. The lowest BCUT2D eigenvalue weighted by Crippen LogP contribution is -2.54. The summed E-state index contributed by atoms with van der Waals surface area (Å²) in [6.07, 6.45) is 12.0. The minimum atomic E-state index is 0.422. The summed E-state index contributed by atoms with van der Waals surface area (Å²) in [5.41, 5.74) is 3.09. The van der Waals surface area contributed by atoms with Crippen LogP contribution in [0.4, 0.5) is 0 Å². The molecule has 2 atom stereocenters. The van der Waals surface area contributed by atoms with Crippen LogP contribution in [0.2, 0.25) is 0 Å². The zero-order valence-electron chi connectivity index (χ0n) is 14.6. The van der Waals surface area contributed by atoms with Gasteiger partial charge in [0.05, 0.1) is 0 Å². The number of hydrogen-bond donors (Lipinski definition) is 2. The summed E-state index contributed by atoms with van der Waals surface area (Å²) < 4.78 is 0. The molecule has 0 bridgehead atoms. The predicted molar refractivity (Wildman–Crippen MR) is 92.3 cm³/mol. The zero-order chi connectivity index (χ0) is 15.5. The standard InChI is InChI=1S/C17H38N4/c1-4-5-6-7-8-9-10-12-16(19-18)17-15-20(2)13-11-14-21(17)3/h16-17,19H,4-15,18H2,1-3H3. The molecule has 1 aliphatic heterocycles. The van der Waals surface area contributed by atoms with Crippen molar-refractivity contribution in [3.63, 3.8) is 0 Å².